The van der Waals surface area contributed by atoms with Crippen molar-refractivity contribution in [3.05, 3.63) is 46.8 Å². The van der Waals surface area contributed by atoms with Gasteiger partial charge < -0.3 is 18.9 Å². The zero-order valence-electron chi connectivity index (χ0n) is 15.9. The smallest absolute Gasteiger partial charge is 0.328 e. The molecule has 1 unspecified atom stereocenters. The van der Waals surface area contributed by atoms with E-state index in [-0.39, 0.29) is 11.9 Å². The number of amides is 1. The molecule has 144 valence electrons. The Balaban J connectivity index is 1.74. The summed E-state index contributed by atoms with van der Waals surface area (Å²) in [6.45, 7) is 4.55. The van der Waals surface area contributed by atoms with Crippen LogP contribution < -0.4 is 4.74 Å². The molecule has 2 heterocycles. The number of aryl methyl sites for hydroxylation is 2. The Hall–Kier alpha value is -2.83. The SMILES string of the molecule is COC(=O)C1CCCCN1C(=O)c1cccc(OCc2c(C)noc2C)c1. The van der Waals surface area contributed by atoms with Crippen LogP contribution in [0, 0.1) is 13.8 Å². The summed E-state index contributed by atoms with van der Waals surface area (Å²) in [6.07, 6.45) is 2.41. The van der Waals surface area contributed by atoms with E-state index < -0.39 is 6.04 Å². The van der Waals surface area contributed by atoms with Crippen molar-refractivity contribution in [2.45, 2.75) is 45.8 Å². The molecule has 0 bridgehead atoms. The zero-order valence-corrected chi connectivity index (χ0v) is 15.9. The van der Waals surface area contributed by atoms with Gasteiger partial charge in [-0.05, 0) is 51.3 Å². The van der Waals surface area contributed by atoms with Crippen LogP contribution in [0.3, 0.4) is 0 Å². The summed E-state index contributed by atoms with van der Waals surface area (Å²) in [5.74, 6) is 0.739. The van der Waals surface area contributed by atoms with E-state index in [0.29, 0.717) is 36.6 Å². The molecule has 0 aliphatic carbocycles. The standard InChI is InChI=1S/C20H24N2O5/c1-13-17(14(2)27-21-13)12-26-16-8-6-7-15(11-16)19(23)22-10-5-4-9-18(22)20(24)25-3/h6-8,11,18H,4-5,9-10,12H2,1-3H3. The van der Waals surface area contributed by atoms with E-state index in [1.807, 2.05) is 13.8 Å². The lowest BCUT2D eigenvalue weighted by Crippen LogP contribution is -2.48. The molecule has 0 spiro atoms. The molecule has 1 aromatic carbocycles. The van der Waals surface area contributed by atoms with Crippen molar-refractivity contribution in [3.63, 3.8) is 0 Å². The molecule has 7 heteroatoms. The number of piperidine rings is 1. The molecule has 1 saturated heterocycles. The van der Waals surface area contributed by atoms with Crippen molar-refractivity contribution >= 4 is 11.9 Å². The average Bonchev–Trinajstić information content (AvgIpc) is 3.03. The van der Waals surface area contributed by atoms with Crippen LogP contribution in [0.4, 0.5) is 0 Å². The van der Waals surface area contributed by atoms with Crippen molar-refractivity contribution in [2.75, 3.05) is 13.7 Å². The molecule has 1 aliphatic heterocycles. The summed E-state index contributed by atoms with van der Waals surface area (Å²) in [6, 6.07) is 6.47. The Morgan fingerprint density at radius 3 is 2.81 bits per heavy atom. The third kappa shape index (κ3) is 4.13. The number of ether oxygens (including phenoxy) is 2. The summed E-state index contributed by atoms with van der Waals surface area (Å²) in [4.78, 5) is 26.6. The molecular formula is C20H24N2O5. The van der Waals surface area contributed by atoms with E-state index in [4.69, 9.17) is 14.0 Å². The first-order valence-corrected chi connectivity index (χ1v) is 9.04. The quantitative estimate of drug-likeness (QED) is 0.751. The molecule has 1 amide bonds. The van der Waals surface area contributed by atoms with E-state index in [9.17, 15) is 9.59 Å². The van der Waals surface area contributed by atoms with Crippen LogP contribution in [-0.2, 0) is 16.1 Å². The number of methoxy groups -OCH3 is 1. The molecular weight excluding hydrogens is 348 g/mol. The second-order valence-corrected chi connectivity index (χ2v) is 6.65. The topological polar surface area (TPSA) is 81.9 Å². The minimum absolute atomic E-state index is 0.187. The molecule has 1 aliphatic rings. The largest absolute Gasteiger partial charge is 0.489 e. The molecule has 3 rings (SSSR count). The van der Waals surface area contributed by atoms with Gasteiger partial charge in [-0.2, -0.15) is 0 Å². The lowest BCUT2D eigenvalue weighted by Gasteiger charge is -2.33. The highest BCUT2D eigenvalue weighted by molar-refractivity contribution is 5.97. The molecule has 2 aromatic rings. The van der Waals surface area contributed by atoms with Gasteiger partial charge in [0.25, 0.3) is 5.91 Å². The van der Waals surface area contributed by atoms with Gasteiger partial charge in [-0.25, -0.2) is 4.79 Å². The minimum Gasteiger partial charge on any atom is -0.489 e. The van der Waals surface area contributed by atoms with Gasteiger partial charge in [-0.15, -0.1) is 0 Å². The van der Waals surface area contributed by atoms with E-state index in [2.05, 4.69) is 5.16 Å². The van der Waals surface area contributed by atoms with E-state index >= 15 is 0 Å². The minimum atomic E-state index is -0.525. The van der Waals surface area contributed by atoms with Gasteiger partial charge in [0.05, 0.1) is 18.4 Å². The fourth-order valence-corrected chi connectivity index (χ4v) is 3.30. The predicted molar refractivity (Wildman–Crippen MR) is 97.4 cm³/mol. The summed E-state index contributed by atoms with van der Waals surface area (Å²) in [5.41, 5.74) is 2.17. The number of hydrogen-bond donors (Lipinski definition) is 0. The fourth-order valence-electron chi connectivity index (χ4n) is 3.30. The first kappa shape index (κ1) is 18.9. The lowest BCUT2D eigenvalue weighted by molar-refractivity contribution is -0.147. The van der Waals surface area contributed by atoms with Gasteiger partial charge in [0, 0.05) is 12.1 Å². The maximum Gasteiger partial charge on any atom is 0.328 e. The van der Waals surface area contributed by atoms with Gasteiger partial charge >= 0.3 is 5.97 Å². The van der Waals surface area contributed by atoms with Gasteiger partial charge in [-0.1, -0.05) is 11.2 Å². The van der Waals surface area contributed by atoms with Crippen molar-refractivity contribution in [1.82, 2.24) is 10.1 Å². The molecule has 0 saturated carbocycles. The summed E-state index contributed by atoms with van der Waals surface area (Å²) >= 11 is 0. The number of nitrogens with zero attached hydrogens (tertiary/aromatic N) is 2. The van der Waals surface area contributed by atoms with E-state index in [1.54, 1.807) is 29.2 Å². The lowest BCUT2D eigenvalue weighted by atomic mass is 10.0. The first-order chi connectivity index (χ1) is 13.0. The number of likely N-dealkylation sites (tertiary alicyclic amines) is 1. The maximum absolute atomic E-state index is 13.0. The van der Waals surface area contributed by atoms with Crippen molar-refractivity contribution in [3.8, 4) is 5.75 Å². The van der Waals surface area contributed by atoms with Crippen LogP contribution in [-0.4, -0.2) is 41.6 Å². The number of esters is 1. The Morgan fingerprint density at radius 2 is 2.11 bits per heavy atom. The van der Waals surface area contributed by atoms with Gasteiger partial charge in [0.2, 0.25) is 0 Å². The number of hydrogen-bond acceptors (Lipinski definition) is 6. The van der Waals surface area contributed by atoms with Crippen molar-refractivity contribution in [2.24, 2.45) is 0 Å². The Bertz CT molecular complexity index is 810. The number of aromatic nitrogens is 1. The number of benzene rings is 1. The number of rotatable bonds is 5. The van der Waals surface area contributed by atoms with Crippen molar-refractivity contribution in [1.29, 1.82) is 0 Å². The second kappa shape index (κ2) is 8.24. The molecule has 27 heavy (non-hydrogen) atoms. The highest BCUT2D eigenvalue weighted by Gasteiger charge is 2.33. The normalized spacial score (nSPS) is 16.9. The summed E-state index contributed by atoms with van der Waals surface area (Å²) in [7, 11) is 1.35. The van der Waals surface area contributed by atoms with Crippen LogP contribution in [0.5, 0.6) is 5.75 Å². The van der Waals surface area contributed by atoms with Crippen LogP contribution in [0.15, 0.2) is 28.8 Å². The van der Waals surface area contributed by atoms with Crippen molar-refractivity contribution < 1.29 is 23.6 Å². The van der Waals surface area contributed by atoms with E-state index in [0.717, 1.165) is 24.1 Å². The van der Waals surface area contributed by atoms with Crippen LogP contribution >= 0.6 is 0 Å². The predicted octanol–water partition coefficient (Wildman–Crippen LogP) is 3.04. The van der Waals surface area contributed by atoms with Crippen LogP contribution in [0.25, 0.3) is 0 Å². The maximum atomic E-state index is 13.0. The molecule has 0 N–H and O–H groups in total. The summed E-state index contributed by atoms with van der Waals surface area (Å²) < 4.78 is 15.8. The molecule has 1 aromatic heterocycles. The van der Waals surface area contributed by atoms with Crippen LogP contribution in [0.1, 0.15) is 46.6 Å². The van der Waals surface area contributed by atoms with Gasteiger partial charge in [-0.3, -0.25) is 4.79 Å². The van der Waals surface area contributed by atoms with Gasteiger partial charge in [0.15, 0.2) is 0 Å². The third-order valence-electron chi connectivity index (χ3n) is 4.88. The highest BCUT2D eigenvalue weighted by Crippen LogP contribution is 2.23. The Morgan fingerprint density at radius 1 is 1.30 bits per heavy atom. The number of carbonyl (C=O) groups excluding carboxylic acids is 2. The molecule has 1 atom stereocenters. The molecule has 7 nitrogen and oxygen atoms in total. The highest BCUT2D eigenvalue weighted by atomic mass is 16.5. The fraction of sp³-hybridized carbons (Fsp3) is 0.450. The Kier molecular flexibility index (Phi) is 5.78. The second-order valence-electron chi connectivity index (χ2n) is 6.65. The number of carbonyl (C=O) groups is 2. The monoisotopic (exact) mass is 372 g/mol. The summed E-state index contributed by atoms with van der Waals surface area (Å²) in [5, 5.41) is 3.91. The average molecular weight is 372 g/mol. The Labute approximate surface area is 158 Å². The van der Waals surface area contributed by atoms with Gasteiger partial charge in [0.1, 0.15) is 24.2 Å². The van der Waals surface area contributed by atoms with Crippen LogP contribution in [0.2, 0.25) is 0 Å². The third-order valence-corrected chi connectivity index (χ3v) is 4.88. The zero-order chi connectivity index (χ0) is 19.4. The van der Waals surface area contributed by atoms with E-state index in [1.165, 1.54) is 7.11 Å². The molecule has 1 fully saturated rings. The molecule has 0 radical (unpaired) electrons. The first-order valence-electron chi connectivity index (χ1n) is 9.04.